The van der Waals surface area contributed by atoms with Gasteiger partial charge in [0.25, 0.3) is 0 Å². The van der Waals surface area contributed by atoms with Crippen molar-refractivity contribution in [2.75, 3.05) is 17.2 Å². The van der Waals surface area contributed by atoms with Crippen LogP contribution in [0.2, 0.25) is 0 Å². The van der Waals surface area contributed by atoms with Crippen molar-refractivity contribution in [1.29, 1.82) is 0 Å². The van der Waals surface area contributed by atoms with Crippen LogP contribution < -0.4 is 16.4 Å². The smallest absolute Gasteiger partial charge is 0.168 e. The van der Waals surface area contributed by atoms with Gasteiger partial charge in [-0.3, -0.25) is 0 Å². The lowest BCUT2D eigenvalue weighted by Crippen LogP contribution is -2.18. The predicted octanol–water partition coefficient (Wildman–Crippen LogP) is 3.39. The molecule has 3 nitrogen and oxygen atoms in total. The Morgan fingerprint density at radius 2 is 1.75 bits per heavy atom. The van der Waals surface area contributed by atoms with E-state index in [-0.39, 0.29) is 5.11 Å². The number of thiocarbonyl (C=S) groups is 1. The Morgan fingerprint density at radius 1 is 1.00 bits per heavy atom. The van der Waals surface area contributed by atoms with Crippen LogP contribution in [0.5, 0.6) is 0 Å². The summed E-state index contributed by atoms with van der Waals surface area (Å²) in [5, 5.41) is 6.62. The van der Waals surface area contributed by atoms with Gasteiger partial charge in [0, 0.05) is 17.9 Å². The van der Waals surface area contributed by atoms with Crippen molar-refractivity contribution in [3.05, 3.63) is 60.2 Å². The molecule has 2 aromatic rings. The first kappa shape index (κ1) is 14.3. The molecule has 0 bridgehead atoms. The molecule has 4 heteroatoms. The molecule has 0 saturated carbocycles. The highest BCUT2D eigenvalue weighted by Crippen LogP contribution is 2.15. The largest absolute Gasteiger partial charge is 0.385 e. The molecule has 0 aliphatic carbocycles. The fraction of sp³-hybridized carbons (Fsp3) is 0.188. The molecule has 0 aromatic heterocycles. The number of hydrogen-bond acceptors (Lipinski definition) is 2. The Kier molecular flexibility index (Phi) is 5.38. The third-order valence-electron chi connectivity index (χ3n) is 2.94. The minimum Gasteiger partial charge on any atom is -0.385 e. The molecule has 20 heavy (non-hydrogen) atoms. The number of benzene rings is 2. The number of aryl methyl sites for hydroxylation is 1. The normalized spacial score (nSPS) is 10.0. The maximum Gasteiger partial charge on any atom is 0.168 e. The molecule has 0 spiro atoms. The molecule has 2 aromatic carbocycles. The molecule has 0 saturated heterocycles. The van der Waals surface area contributed by atoms with Gasteiger partial charge in [0.1, 0.15) is 0 Å². The maximum absolute atomic E-state index is 5.46. The second kappa shape index (κ2) is 7.50. The fourth-order valence-electron chi connectivity index (χ4n) is 2.02. The van der Waals surface area contributed by atoms with E-state index in [4.69, 9.17) is 18.0 Å². The maximum atomic E-state index is 5.46. The first-order chi connectivity index (χ1) is 9.74. The summed E-state index contributed by atoms with van der Waals surface area (Å²) in [4.78, 5) is 0. The van der Waals surface area contributed by atoms with Crippen LogP contribution in [0.1, 0.15) is 12.0 Å². The number of rotatable bonds is 6. The molecular weight excluding hydrogens is 266 g/mol. The molecule has 0 aliphatic heterocycles. The summed E-state index contributed by atoms with van der Waals surface area (Å²) in [6.45, 7) is 0.936. The third-order valence-corrected chi connectivity index (χ3v) is 3.05. The fourth-order valence-corrected chi connectivity index (χ4v) is 2.14. The first-order valence-corrected chi connectivity index (χ1v) is 7.09. The minimum atomic E-state index is 0.284. The van der Waals surface area contributed by atoms with Gasteiger partial charge in [-0.2, -0.15) is 0 Å². The lowest BCUT2D eigenvalue weighted by Gasteiger charge is -2.09. The lowest BCUT2D eigenvalue weighted by atomic mass is 10.1. The zero-order valence-electron chi connectivity index (χ0n) is 11.3. The molecule has 0 heterocycles. The SMILES string of the molecule is NC(=S)Nc1cccc(NCCCc2ccccc2)c1. The molecule has 2 rings (SSSR count). The Bertz CT molecular complexity index is 555. The zero-order chi connectivity index (χ0) is 14.2. The van der Waals surface area contributed by atoms with Crippen LogP contribution in [-0.4, -0.2) is 11.7 Å². The molecule has 4 N–H and O–H groups in total. The second-order valence-corrected chi connectivity index (χ2v) is 5.03. The van der Waals surface area contributed by atoms with E-state index in [9.17, 15) is 0 Å². The monoisotopic (exact) mass is 285 g/mol. The molecule has 0 fully saturated rings. The van der Waals surface area contributed by atoms with E-state index in [2.05, 4.69) is 34.9 Å². The van der Waals surface area contributed by atoms with Gasteiger partial charge in [0.2, 0.25) is 0 Å². The van der Waals surface area contributed by atoms with Crippen molar-refractivity contribution in [3.63, 3.8) is 0 Å². The van der Waals surface area contributed by atoms with Gasteiger partial charge in [-0.15, -0.1) is 0 Å². The van der Waals surface area contributed by atoms with Gasteiger partial charge < -0.3 is 16.4 Å². The van der Waals surface area contributed by atoms with Crippen LogP contribution in [-0.2, 0) is 6.42 Å². The Hall–Kier alpha value is -2.07. The molecule has 0 radical (unpaired) electrons. The van der Waals surface area contributed by atoms with Crippen molar-refractivity contribution in [3.8, 4) is 0 Å². The average Bonchev–Trinajstić information content (AvgIpc) is 2.44. The third kappa shape index (κ3) is 4.90. The second-order valence-electron chi connectivity index (χ2n) is 4.59. The van der Waals surface area contributed by atoms with Gasteiger partial charge >= 0.3 is 0 Å². The number of hydrogen-bond donors (Lipinski definition) is 3. The van der Waals surface area contributed by atoms with Crippen molar-refractivity contribution in [2.45, 2.75) is 12.8 Å². The molecular formula is C16H19N3S. The van der Waals surface area contributed by atoms with Crippen LogP contribution in [0, 0.1) is 0 Å². The van der Waals surface area contributed by atoms with Gasteiger partial charge in [-0.25, -0.2) is 0 Å². The van der Waals surface area contributed by atoms with E-state index in [1.807, 2.05) is 30.3 Å². The predicted molar refractivity (Wildman–Crippen MR) is 90.1 cm³/mol. The first-order valence-electron chi connectivity index (χ1n) is 6.68. The summed E-state index contributed by atoms with van der Waals surface area (Å²) in [6.07, 6.45) is 2.18. The summed E-state index contributed by atoms with van der Waals surface area (Å²) < 4.78 is 0. The standard InChI is InChI=1S/C16H19N3S/c17-16(20)19-15-10-4-9-14(12-15)18-11-5-8-13-6-2-1-3-7-13/h1-4,6-7,9-10,12,18H,5,8,11H2,(H3,17,19,20). The zero-order valence-corrected chi connectivity index (χ0v) is 12.1. The summed E-state index contributed by atoms with van der Waals surface area (Å²) in [6, 6.07) is 18.5. The van der Waals surface area contributed by atoms with Gasteiger partial charge in [0.05, 0.1) is 0 Å². The number of nitrogens with one attached hydrogen (secondary N) is 2. The molecule has 0 atom stereocenters. The molecule has 0 unspecified atom stereocenters. The number of anilines is 2. The summed E-state index contributed by atoms with van der Waals surface area (Å²) in [5.41, 5.74) is 8.81. The highest BCUT2D eigenvalue weighted by molar-refractivity contribution is 7.80. The highest BCUT2D eigenvalue weighted by Gasteiger charge is 1.97. The highest BCUT2D eigenvalue weighted by atomic mass is 32.1. The van der Waals surface area contributed by atoms with E-state index < -0.39 is 0 Å². The summed E-state index contributed by atoms with van der Waals surface area (Å²) in [5.74, 6) is 0. The van der Waals surface area contributed by atoms with E-state index in [0.29, 0.717) is 0 Å². The van der Waals surface area contributed by atoms with E-state index in [0.717, 1.165) is 30.8 Å². The van der Waals surface area contributed by atoms with Crippen molar-refractivity contribution < 1.29 is 0 Å². The van der Waals surface area contributed by atoms with Crippen LogP contribution >= 0.6 is 12.2 Å². The van der Waals surface area contributed by atoms with Gasteiger partial charge in [0.15, 0.2) is 5.11 Å². The minimum absolute atomic E-state index is 0.284. The summed E-state index contributed by atoms with van der Waals surface area (Å²) >= 11 is 4.83. The topological polar surface area (TPSA) is 50.1 Å². The van der Waals surface area contributed by atoms with Crippen molar-refractivity contribution in [1.82, 2.24) is 0 Å². The van der Waals surface area contributed by atoms with Crippen LogP contribution in [0.15, 0.2) is 54.6 Å². The summed E-state index contributed by atoms with van der Waals surface area (Å²) in [7, 11) is 0. The molecule has 104 valence electrons. The van der Waals surface area contributed by atoms with Crippen LogP contribution in [0.25, 0.3) is 0 Å². The number of nitrogens with two attached hydrogens (primary N) is 1. The van der Waals surface area contributed by atoms with E-state index in [1.54, 1.807) is 0 Å². The van der Waals surface area contributed by atoms with Crippen LogP contribution in [0.4, 0.5) is 11.4 Å². The Balaban J connectivity index is 1.78. The van der Waals surface area contributed by atoms with Gasteiger partial charge in [-0.05, 0) is 48.8 Å². The van der Waals surface area contributed by atoms with Crippen molar-refractivity contribution in [2.24, 2.45) is 5.73 Å². The molecule has 0 aliphatic rings. The Labute approximate surface area is 125 Å². The lowest BCUT2D eigenvalue weighted by molar-refractivity contribution is 0.863. The van der Waals surface area contributed by atoms with E-state index in [1.165, 1.54) is 5.56 Å². The van der Waals surface area contributed by atoms with E-state index >= 15 is 0 Å². The average molecular weight is 285 g/mol. The Morgan fingerprint density at radius 3 is 2.50 bits per heavy atom. The van der Waals surface area contributed by atoms with Crippen LogP contribution in [0.3, 0.4) is 0 Å². The molecule has 0 amide bonds. The van der Waals surface area contributed by atoms with Crippen molar-refractivity contribution >= 4 is 28.7 Å². The quantitative estimate of drug-likeness (QED) is 0.562. The van der Waals surface area contributed by atoms with Gasteiger partial charge in [-0.1, -0.05) is 36.4 Å².